The molecule has 0 bridgehead atoms. The highest BCUT2D eigenvalue weighted by atomic mass is 16.5. The van der Waals surface area contributed by atoms with Crippen molar-refractivity contribution in [3.05, 3.63) is 95.7 Å². The summed E-state index contributed by atoms with van der Waals surface area (Å²) in [5.74, 6) is 1.48. The minimum atomic E-state index is -0.365. The molecule has 1 amide bonds. The molecule has 3 aromatic carbocycles. The lowest BCUT2D eigenvalue weighted by Gasteiger charge is -2.38. The van der Waals surface area contributed by atoms with Crippen LogP contribution in [0.2, 0.25) is 0 Å². The summed E-state index contributed by atoms with van der Waals surface area (Å²) in [4.78, 5) is 15.6. The Kier molecular flexibility index (Phi) is 5.81. The summed E-state index contributed by atoms with van der Waals surface area (Å²) in [5.41, 5.74) is 5.37. The molecule has 0 spiro atoms. The third kappa shape index (κ3) is 4.17. The third-order valence-corrected chi connectivity index (χ3v) is 6.68. The van der Waals surface area contributed by atoms with Gasteiger partial charge in [0, 0.05) is 43.0 Å². The average molecular weight is 481 g/mol. The first-order chi connectivity index (χ1) is 17.7. The van der Waals surface area contributed by atoms with Crippen molar-refractivity contribution in [3.63, 3.8) is 0 Å². The number of amides is 1. The Labute approximate surface area is 210 Å². The molecular formula is C29H28N4O3. The van der Waals surface area contributed by atoms with Gasteiger partial charge in [-0.1, -0.05) is 42.5 Å². The molecule has 7 nitrogen and oxygen atoms in total. The first-order valence-electron chi connectivity index (χ1n) is 12.3. The van der Waals surface area contributed by atoms with Gasteiger partial charge in [0.15, 0.2) is 11.5 Å². The highest BCUT2D eigenvalue weighted by molar-refractivity contribution is 6.01. The van der Waals surface area contributed by atoms with E-state index in [0.717, 1.165) is 46.8 Å². The minimum Gasteiger partial charge on any atom is -0.490 e. The van der Waals surface area contributed by atoms with Gasteiger partial charge in [0.1, 0.15) is 6.17 Å². The van der Waals surface area contributed by atoms with Gasteiger partial charge < -0.3 is 19.7 Å². The van der Waals surface area contributed by atoms with Crippen molar-refractivity contribution in [2.75, 3.05) is 25.1 Å². The van der Waals surface area contributed by atoms with Crippen LogP contribution in [0.15, 0.2) is 79.0 Å². The molecule has 4 aromatic rings. The molecule has 0 aliphatic carbocycles. The van der Waals surface area contributed by atoms with Crippen LogP contribution in [0.1, 0.15) is 34.1 Å². The van der Waals surface area contributed by atoms with E-state index in [4.69, 9.17) is 14.6 Å². The SMILES string of the molecule is Cn1cc(C2Nc3ccccc3C(=O)N2CCc2ccccc2)c(-c2ccc3c(c2)OCCCO3)n1. The largest absolute Gasteiger partial charge is 0.490 e. The van der Waals surface area contributed by atoms with Gasteiger partial charge in [0.2, 0.25) is 0 Å². The van der Waals surface area contributed by atoms with E-state index in [1.54, 1.807) is 4.68 Å². The van der Waals surface area contributed by atoms with Crippen molar-refractivity contribution in [1.29, 1.82) is 0 Å². The standard InChI is InChI=1S/C29H28N4O3/c1-32-19-23(27(31-32)21-12-13-25-26(18-21)36-17-7-16-35-25)28-30-24-11-6-5-10-22(24)29(34)33(28)15-14-20-8-3-2-4-9-20/h2-6,8-13,18-19,28,30H,7,14-17H2,1H3. The number of fused-ring (bicyclic) bond motifs is 2. The van der Waals surface area contributed by atoms with E-state index in [9.17, 15) is 4.79 Å². The van der Waals surface area contributed by atoms with E-state index in [-0.39, 0.29) is 12.1 Å². The van der Waals surface area contributed by atoms with Gasteiger partial charge in [-0.25, -0.2) is 0 Å². The number of para-hydroxylation sites is 1. The molecule has 1 aromatic heterocycles. The Morgan fingerprint density at radius 2 is 1.75 bits per heavy atom. The Hall–Kier alpha value is -4.26. The Balaban J connectivity index is 1.40. The molecule has 1 N–H and O–H groups in total. The normalized spacial score (nSPS) is 16.8. The molecule has 7 heteroatoms. The van der Waals surface area contributed by atoms with Gasteiger partial charge in [-0.05, 0) is 42.3 Å². The monoisotopic (exact) mass is 480 g/mol. The van der Waals surface area contributed by atoms with Gasteiger partial charge in [0.25, 0.3) is 5.91 Å². The van der Waals surface area contributed by atoms with Crippen LogP contribution < -0.4 is 14.8 Å². The molecule has 0 saturated carbocycles. The summed E-state index contributed by atoms with van der Waals surface area (Å²) in [6.07, 6.45) is 3.23. The predicted molar refractivity (Wildman–Crippen MR) is 138 cm³/mol. The zero-order valence-electron chi connectivity index (χ0n) is 20.2. The molecule has 2 aliphatic rings. The number of rotatable bonds is 5. The lowest BCUT2D eigenvalue weighted by atomic mass is 10.00. The maximum Gasteiger partial charge on any atom is 0.257 e. The second-order valence-electron chi connectivity index (χ2n) is 9.15. The number of aromatic nitrogens is 2. The number of ether oxygens (including phenoxy) is 2. The number of hydrogen-bond donors (Lipinski definition) is 1. The second-order valence-corrected chi connectivity index (χ2v) is 9.15. The minimum absolute atomic E-state index is 0.0127. The second kappa shape index (κ2) is 9.41. The van der Waals surface area contributed by atoms with Crippen LogP contribution in [-0.2, 0) is 13.5 Å². The zero-order chi connectivity index (χ0) is 24.5. The van der Waals surface area contributed by atoms with Crippen molar-refractivity contribution in [3.8, 4) is 22.8 Å². The lowest BCUT2D eigenvalue weighted by Crippen LogP contribution is -2.44. The van der Waals surface area contributed by atoms with E-state index in [0.29, 0.717) is 25.3 Å². The maximum atomic E-state index is 13.7. The van der Waals surface area contributed by atoms with Crippen molar-refractivity contribution in [1.82, 2.24) is 14.7 Å². The van der Waals surface area contributed by atoms with Crippen LogP contribution in [-0.4, -0.2) is 40.3 Å². The molecule has 0 fully saturated rings. The maximum absolute atomic E-state index is 13.7. The Bertz CT molecular complexity index is 1400. The number of carbonyl (C=O) groups is 1. The summed E-state index contributed by atoms with van der Waals surface area (Å²) in [5, 5.41) is 8.43. The number of aryl methyl sites for hydroxylation is 1. The Morgan fingerprint density at radius 3 is 2.61 bits per heavy atom. The van der Waals surface area contributed by atoms with Gasteiger partial charge in [-0.3, -0.25) is 9.48 Å². The van der Waals surface area contributed by atoms with Crippen molar-refractivity contribution in [2.45, 2.75) is 19.0 Å². The molecule has 1 atom stereocenters. The molecule has 1 unspecified atom stereocenters. The van der Waals surface area contributed by atoms with Crippen molar-refractivity contribution in [2.24, 2.45) is 7.05 Å². The van der Waals surface area contributed by atoms with Crippen LogP contribution in [0.25, 0.3) is 11.3 Å². The highest BCUT2D eigenvalue weighted by Gasteiger charge is 2.35. The quantitative estimate of drug-likeness (QED) is 0.433. The fourth-order valence-electron chi connectivity index (χ4n) is 4.91. The molecular weight excluding hydrogens is 452 g/mol. The molecule has 0 radical (unpaired) electrons. The molecule has 2 aliphatic heterocycles. The van der Waals surface area contributed by atoms with Crippen LogP contribution in [0.3, 0.4) is 0 Å². The molecule has 3 heterocycles. The van der Waals surface area contributed by atoms with E-state index in [1.165, 1.54) is 5.56 Å². The molecule has 0 saturated heterocycles. The number of nitrogens with zero attached hydrogens (tertiary/aromatic N) is 3. The van der Waals surface area contributed by atoms with Gasteiger partial charge >= 0.3 is 0 Å². The summed E-state index contributed by atoms with van der Waals surface area (Å²) in [6.45, 7) is 1.84. The third-order valence-electron chi connectivity index (χ3n) is 6.68. The lowest BCUT2D eigenvalue weighted by molar-refractivity contribution is 0.0686. The summed E-state index contributed by atoms with van der Waals surface area (Å²) < 4.78 is 13.6. The predicted octanol–water partition coefficient (Wildman–Crippen LogP) is 5.06. The Morgan fingerprint density at radius 1 is 0.972 bits per heavy atom. The van der Waals surface area contributed by atoms with Crippen LogP contribution in [0.4, 0.5) is 5.69 Å². The first-order valence-corrected chi connectivity index (χ1v) is 12.3. The van der Waals surface area contributed by atoms with E-state index in [1.807, 2.05) is 78.8 Å². The summed E-state index contributed by atoms with van der Waals surface area (Å²) >= 11 is 0. The van der Waals surface area contributed by atoms with E-state index >= 15 is 0 Å². The van der Waals surface area contributed by atoms with E-state index in [2.05, 4.69) is 17.4 Å². The molecule has 36 heavy (non-hydrogen) atoms. The van der Waals surface area contributed by atoms with Gasteiger partial charge in [-0.15, -0.1) is 0 Å². The van der Waals surface area contributed by atoms with Crippen LogP contribution in [0.5, 0.6) is 11.5 Å². The average Bonchev–Trinajstić information content (AvgIpc) is 3.14. The first kappa shape index (κ1) is 22.2. The molecule has 182 valence electrons. The van der Waals surface area contributed by atoms with Crippen molar-refractivity contribution >= 4 is 11.6 Å². The van der Waals surface area contributed by atoms with Crippen molar-refractivity contribution < 1.29 is 14.3 Å². The number of hydrogen-bond acceptors (Lipinski definition) is 5. The smallest absolute Gasteiger partial charge is 0.257 e. The van der Waals surface area contributed by atoms with Crippen LogP contribution >= 0.6 is 0 Å². The van der Waals surface area contributed by atoms with E-state index < -0.39 is 0 Å². The molecule has 6 rings (SSSR count). The summed E-state index contributed by atoms with van der Waals surface area (Å²) in [7, 11) is 1.91. The van der Waals surface area contributed by atoms with Gasteiger partial charge in [0.05, 0.1) is 24.5 Å². The fourth-order valence-corrected chi connectivity index (χ4v) is 4.91. The zero-order valence-corrected chi connectivity index (χ0v) is 20.2. The summed E-state index contributed by atoms with van der Waals surface area (Å²) in [6, 6.07) is 23.9. The van der Waals surface area contributed by atoms with Crippen LogP contribution in [0, 0.1) is 0 Å². The topological polar surface area (TPSA) is 68.6 Å². The highest BCUT2D eigenvalue weighted by Crippen LogP contribution is 2.39. The number of benzene rings is 3. The number of anilines is 1. The van der Waals surface area contributed by atoms with Gasteiger partial charge in [-0.2, -0.15) is 5.10 Å². The number of carbonyl (C=O) groups excluding carboxylic acids is 1. The fraction of sp³-hybridized carbons (Fsp3) is 0.241. The number of nitrogens with one attached hydrogen (secondary N) is 1.